The molecule has 2 unspecified atom stereocenters. The molecule has 2 N–H and O–H groups in total. The number of nitrogens with two attached hydrogens (primary N) is 1. The van der Waals surface area contributed by atoms with Crippen molar-refractivity contribution in [3.05, 3.63) is 34.9 Å². The lowest BCUT2D eigenvalue weighted by Crippen LogP contribution is -2.21. The molecule has 1 fully saturated rings. The average Bonchev–Trinajstić information content (AvgIpc) is 2.79. The quantitative estimate of drug-likeness (QED) is 0.772. The monoisotopic (exact) mass is 195 g/mol. The summed E-state index contributed by atoms with van der Waals surface area (Å²) in [5.41, 5.74) is 7.34. The second-order valence-electron chi connectivity index (χ2n) is 3.86. The van der Waals surface area contributed by atoms with E-state index in [1.807, 2.05) is 18.2 Å². The summed E-state index contributed by atoms with van der Waals surface area (Å²) in [6.07, 6.45) is 2.26. The normalized spacial score (nSPS) is 31.8. The van der Waals surface area contributed by atoms with Crippen molar-refractivity contribution >= 4 is 11.6 Å². The molecular formula is C11H14ClN. The molecule has 1 aromatic rings. The highest BCUT2D eigenvalue weighted by molar-refractivity contribution is 6.30. The summed E-state index contributed by atoms with van der Waals surface area (Å²) < 4.78 is 0. The zero-order chi connectivity index (χ0) is 9.47. The van der Waals surface area contributed by atoms with Gasteiger partial charge >= 0.3 is 0 Å². The minimum atomic E-state index is -0.0837. The van der Waals surface area contributed by atoms with E-state index in [1.54, 1.807) is 0 Å². The molecule has 2 heteroatoms. The third kappa shape index (κ3) is 1.47. The fourth-order valence-electron chi connectivity index (χ4n) is 1.99. The summed E-state index contributed by atoms with van der Waals surface area (Å²) in [4.78, 5) is 0. The van der Waals surface area contributed by atoms with Gasteiger partial charge in [0.15, 0.2) is 0 Å². The molecule has 2 rings (SSSR count). The van der Waals surface area contributed by atoms with E-state index >= 15 is 0 Å². The standard InChI is InChI=1S/C11H14ClN/c1-2-8-7-11(8,13)9-4-3-5-10(12)6-9/h3-6,8H,2,7,13H2,1H3. The minimum Gasteiger partial charge on any atom is -0.321 e. The van der Waals surface area contributed by atoms with Crippen LogP contribution in [0.5, 0.6) is 0 Å². The van der Waals surface area contributed by atoms with Crippen molar-refractivity contribution in [1.29, 1.82) is 0 Å². The Morgan fingerprint density at radius 1 is 1.62 bits per heavy atom. The number of halogens is 1. The first-order chi connectivity index (χ1) is 6.16. The van der Waals surface area contributed by atoms with Gasteiger partial charge in [0.2, 0.25) is 0 Å². The van der Waals surface area contributed by atoms with Crippen LogP contribution < -0.4 is 5.73 Å². The molecule has 0 heterocycles. The largest absolute Gasteiger partial charge is 0.321 e. The molecule has 0 aliphatic heterocycles. The van der Waals surface area contributed by atoms with Gasteiger partial charge in [-0.3, -0.25) is 0 Å². The third-order valence-corrected chi connectivity index (χ3v) is 3.24. The van der Waals surface area contributed by atoms with Gasteiger partial charge in [-0.05, 0) is 30.0 Å². The average molecular weight is 196 g/mol. The highest BCUT2D eigenvalue weighted by atomic mass is 35.5. The lowest BCUT2D eigenvalue weighted by atomic mass is 10.0. The second-order valence-corrected chi connectivity index (χ2v) is 4.30. The van der Waals surface area contributed by atoms with Gasteiger partial charge < -0.3 is 5.73 Å². The molecule has 0 bridgehead atoms. The Hall–Kier alpha value is -0.530. The van der Waals surface area contributed by atoms with E-state index in [2.05, 4.69) is 13.0 Å². The molecule has 0 aromatic heterocycles. The molecule has 1 aliphatic rings. The van der Waals surface area contributed by atoms with Crippen LogP contribution in [0.4, 0.5) is 0 Å². The van der Waals surface area contributed by atoms with Crippen LogP contribution >= 0.6 is 11.6 Å². The maximum Gasteiger partial charge on any atom is 0.0442 e. The molecule has 0 radical (unpaired) electrons. The van der Waals surface area contributed by atoms with E-state index in [-0.39, 0.29) is 5.54 Å². The molecule has 1 aliphatic carbocycles. The van der Waals surface area contributed by atoms with Crippen molar-refractivity contribution in [2.24, 2.45) is 11.7 Å². The van der Waals surface area contributed by atoms with E-state index in [4.69, 9.17) is 17.3 Å². The Kier molecular flexibility index (Phi) is 2.09. The fourth-order valence-corrected chi connectivity index (χ4v) is 2.18. The Bertz CT molecular complexity index is 324. The van der Waals surface area contributed by atoms with Gasteiger partial charge in [-0.2, -0.15) is 0 Å². The van der Waals surface area contributed by atoms with Crippen molar-refractivity contribution < 1.29 is 0 Å². The molecular weight excluding hydrogens is 182 g/mol. The predicted octanol–water partition coefficient (Wildman–Crippen LogP) is 2.92. The van der Waals surface area contributed by atoms with Crippen LogP contribution in [0.25, 0.3) is 0 Å². The first-order valence-corrected chi connectivity index (χ1v) is 5.09. The van der Waals surface area contributed by atoms with Gasteiger partial charge in [0.25, 0.3) is 0 Å². The highest BCUT2D eigenvalue weighted by Gasteiger charge is 2.50. The zero-order valence-electron chi connectivity index (χ0n) is 7.76. The van der Waals surface area contributed by atoms with Gasteiger partial charge in [-0.25, -0.2) is 0 Å². The van der Waals surface area contributed by atoms with E-state index in [1.165, 1.54) is 5.56 Å². The summed E-state index contributed by atoms with van der Waals surface area (Å²) >= 11 is 5.91. The van der Waals surface area contributed by atoms with Crippen LogP contribution in [0.2, 0.25) is 5.02 Å². The molecule has 1 saturated carbocycles. The van der Waals surface area contributed by atoms with E-state index in [0.29, 0.717) is 5.92 Å². The molecule has 0 saturated heterocycles. The van der Waals surface area contributed by atoms with E-state index < -0.39 is 0 Å². The molecule has 1 nitrogen and oxygen atoms in total. The maximum absolute atomic E-state index is 6.23. The van der Waals surface area contributed by atoms with Gasteiger partial charge in [0.05, 0.1) is 0 Å². The Morgan fingerprint density at radius 3 is 2.92 bits per heavy atom. The van der Waals surface area contributed by atoms with Crippen LogP contribution in [-0.4, -0.2) is 0 Å². The highest BCUT2D eigenvalue weighted by Crippen LogP contribution is 2.51. The molecule has 1 aromatic carbocycles. The summed E-state index contributed by atoms with van der Waals surface area (Å²) in [6.45, 7) is 2.18. The molecule has 0 amide bonds. The Labute approximate surface area is 83.9 Å². The smallest absolute Gasteiger partial charge is 0.0442 e. The van der Waals surface area contributed by atoms with Crippen LogP contribution in [0.15, 0.2) is 24.3 Å². The second kappa shape index (κ2) is 3.00. The topological polar surface area (TPSA) is 26.0 Å². The summed E-state index contributed by atoms with van der Waals surface area (Å²) in [5, 5.41) is 0.782. The first kappa shape index (κ1) is 9.04. The molecule has 0 spiro atoms. The molecule has 70 valence electrons. The number of hydrogen-bond acceptors (Lipinski definition) is 1. The van der Waals surface area contributed by atoms with Gasteiger partial charge in [-0.15, -0.1) is 0 Å². The predicted molar refractivity (Wildman–Crippen MR) is 55.7 cm³/mol. The van der Waals surface area contributed by atoms with Crippen molar-refractivity contribution in [2.45, 2.75) is 25.3 Å². The summed E-state index contributed by atoms with van der Waals surface area (Å²) in [5.74, 6) is 0.644. The molecule has 2 atom stereocenters. The van der Waals surface area contributed by atoms with Crippen LogP contribution in [-0.2, 0) is 5.54 Å². The van der Waals surface area contributed by atoms with Gasteiger partial charge in [0.1, 0.15) is 0 Å². The van der Waals surface area contributed by atoms with E-state index in [9.17, 15) is 0 Å². The number of benzene rings is 1. The third-order valence-electron chi connectivity index (χ3n) is 3.01. The Morgan fingerprint density at radius 2 is 2.38 bits per heavy atom. The van der Waals surface area contributed by atoms with Crippen molar-refractivity contribution in [1.82, 2.24) is 0 Å². The van der Waals surface area contributed by atoms with Crippen LogP contribution in [0.3, 0.4) is 0 Å². The van der Waals surface area contributed by atoms with Crippen molar-refractivity contribution in [3.63, 3.8) is 0 Å². The lowest BCUT2D eigenvalue weighted by molar-refractivity contribution is 0.615. The van der Waals surface area contributed by atoms with E-state index in [0.717, 1.165) is 17.9 Å². The summed E-state index contributed by atoms with van der Waals surface area (Å²) in [7, 11) is 0. The first-order valence-electron chi connectivity index (χ1n) is 4.71. The minimum absolute atomic E-state index is 0.0837. The van der Waals surface area contributed by atoms with Crippen LogP contribution in [0, 0.1) is 5.92 Å². The number of hydrogen-bond donors (Lipinski definition) is 1. The number of rotatable bonds is 2. The van der Waals surface area contributed by atoms with Crippen molar-refractivity contribution in [3.8, 4) is 0 Å². The fraction of sp³-hybridized carbons (Fsp3) is 0.455. The Balaban J connectivity index is 2.27. The molecule has 13 heavy (non-hydrogen) atoms. The van der Waals surface area contributed by atoms with Gasteiger partial charge in [-0.1, -0.05) is 37.1 Å². The summed E-state index contributed by atoms with van der Waals surface area (Å²) in [6, 6.07) is 7.91. The maximum atomic E-state index is 6.23. The van der Waals surface area contributed by atoms with Gasteiger partial charge in [0, 0.05) is 10.6 Å². The van der Waals surface area contributed by atoms with Crippen molar-refractivity contribution in [2.75, 3.05) is 0 Å². The zero-order valence-corrected chi connectivity index (χ0v) is 8.51. The van der Waals surface area contributed by atoms with Crippen LogP contribution in [0.1, 0.15) is 25.3 Å². The SMILES string of the molecule is CCC1CC1(N)c1cccc(Cl)c1. The lowest BCUT2D eigenvalue weighted by Gasteiger charge is -2.11.